The third kappa shape index (κ3) is 2.31. The molecule has 0 aliphatic rings. The highest BCUT2D eigenvalue weighted by Crippen LogP contribution is 2.21. The number of aromatic nitrogens is 2. The van der Waals surface area contributed by atoms with Gasteiger partial charge in [-0.1, -0.05) is 18.2 Å². The van der Waals surface area contributed by atoms with E-state index in [0.717, 1.165) is 21.6 Å². The van der Waals surface area contributed by atoms with Crippen LogP contribution in [0.4, 0.5) is 5.69 Å². The maximum Gasteiger partial charge on any atom is 0.134 e. The minimum atomic E-state index is 0.696. The molecule has 0 fully saturated rings. The Kier molecular flexibility index (Phi) is 3.49. The summed E-state index contributed by atoms with van der Waals surface area (Å²) in [6.07, 6.45) is 2.03. The van der Waals surface area contributed by atoms with Gasteiger partial charge in [-0.25, -0.2) is 4.98 Å². The van der Waals surface area contributed by atoms with Gasteiger partial charge in [-0.2, -0.15) is 0 Å². The first-order valence-corrected chi connectivity index (χ1v) is 7.37. The molecule has 3 aromatic rings. The van der Waals surface area contributed by atoms with Crippen molar-refractivity contribution in [1.82, 2.24) is 9.38 Å². The molecule has 3 nitrogen and oxygen atoms in total. The summed E-state index contributed by atoms with van der Waals surface area (Å²) in [5.41, 5.74) is 4.83. The Morgan fingerprint density at radius 3 is 2.85 bits per heavy atom. The largest absolute Gasteiger partial charge is 0.378 e. The number of nitrogens with one attached hydrogen (secondary N) is 1. The molecule has 0 aliphatic heterocycles. The third-order valence-electron chi connectivity index (χ3n) is 3.62. The minimum Gasteiger partial charge on any atom is -0.378 e. The average Bonchev–Trinajstić information content (AvgIpc) is 2.78. The van der Waals surface area contributed by atoms with Crippen LogP contribution in [0.5, 0.6) is 0 Å². The lowest BCUT2D eigenvalue weighted by Crippen LogP contribution is -2.05. The van der Waals surface area contributed by atoms with Gasteiger partial charge in [0.25, 0.3) is 0 Å². The molecule has 1 N–H and O–H groups in total. The van der Waals surface area contributed by atoms with Crippen molar-refractivity contribution in [2.45, 2.75) is 20.4 Å². The van der Waals surface area contributed by atoms with Crippen molar-refractivity contribution >= 4 is 27.1 Å². The molecule has 0 unspecified atom stereocenters. The number of pyridine rings is 1. The Balaban J connectivity index is 1.89. The number of halogens is 1. The number of fused-ring (bicyclic) bond motifs is 1. The molecule has 0 aliphatic carbocycles. The molecule has 4 heteroatoms. The maximum atomic E-state index is 4.57. The van der Waals surface area contributed by atoms with E-state index >= 15 is 0 Å². The first-order valence-electron chi connectivity index (χ1n) is 6.58. The van der Waals surface area contributed by atoms with Crippen molar-refractivity contribution in [2.24, 2.45) is 0 Å². The second kappa shape index (κ2) is 5.29. The Morgan fingerprint density at radius 2 is 2.00 bits per heavy atom. The molecule has 3 rings (SSSR count). The van der Waals surface area contributed by atoms with Crippen LogP contribution < -0.4 is 5.32 Å². The van der Waals surface area contributed by atoms with Gasteiger partial charge in [0, 0.05) is 11.9 Å². The molecule has 0 atom stereocenters. The second-order valence-corrected chi connectivity index (χ2v) is 5.63. The van der Waals surface area contributed by atoms with Gasteiger partial charge in [0.1, 0.15) is 10.4 Å². The summed E-state index contributed by atoms with van der Waals surface area (Å²) >= 11 is 3.51. The Hall–Kier alpha value is -1.81. The molecule has 102 valence electrons. The smallest absolute Gasteiger partial charge is 0.134 e. The molecule has 1 aromatic carbocycles. The Labute approximate surface area is 126 Å². The zero-order valence-electron chi connectivity index (χ0n) is 11.5. The summed E-state index contributed by atoms with van der Waals surface area (Å²) in [7, 11) is 0. The monoisotopic (exact) mass is 329 g/mol. The van der Waals surface area contributed by atoms with Crippen LogP contribution in [0.3, 0.4) is 0 Å². The normalized spacial score (nSPS) is 10.9. The topological polar surface area (TPSA) is 29.3 Å². The quantitative estimate of drug-likeness (QED) is 0.775. The molecule has 2 aromatic heterocycles. The minimum absolute atomic E-state index is 0.696. The number of aryl methyl sites for hydroxylation is 1. The van der Waals surface area contributed by atoms with Crippen molar-refractivity contribution in [3.05, 3.63) is 64.1 Å². The highest BCUT2D eigenvalue weighted by Gasteiger charge is 2.08. The first-order chi connectivity index (χ1) is 9.66. The third-order valence-corrected chi connectivity index (χ3v) is 4.20. The molecule has 2 heterocycles. The highest BCUT2D eigenvalue weighted by molar-refractivity contribution is 9.10. The molecule has 0 saturated heterocycles. The van der Waals surface area contributed by atoms with Gasteiger partial charge >= 0.3 is 0 Å². The van der Waals surface area contributed by atoms with E-state index in [0.29, 0.717) is 6.54 Å². The van der Waals surface area contributed by atoms with Crippen LogP contribution in [0.2, 0.25) is 0 Å². The van der Waals surface area contributed by atoms with Crippen molar-refractivity contribution in [3.8, 4) is 0 Å². The summed E-state index contributed by atoms with van der Waals surface area (Å²) in [5, 5.41) is 3.47. The zero-order chi connectivity index (χ0) is 14.1. The van der Waals surface area contributed by atoms with E-state index in [4.69, 9.17) is 0 Å². The van der Waals surface area contributed by atoms with Crippen molar-refractivity contribution < 1.29 is 0 Å². The van der Waals surface area contributed by atoms with E-state index in [2.05, 4.69) is 68.7 Å². The van der Waals surface area contributed by atoms with Gasteiger partial charge < -0.3 is 9.72 Å². The lowest BCUT2D eigenvalue weighted by atomic mass is 10.1. The number of rotatable bonds is 3. The lowest BCUT2D eigenvalue weighted by molar-refractivity contribution is 0.938. The number of imidazole rings is 1. The molecular formula is C16H16BrN3. The second-order valence-electron chi connectivity index (χ2n) is 4.88. The number of anilines is 1. The Morgan fingerprint density at radius 1 is 1.15 bits per heavy atom. The number of hydrogen-bond donors (Lipinski definition) is 1. The molecule has 0 saturated carbocycles. The van der Waals surface area contributed by atoms with Gasteiger partial charge in [-0.3, -0.25) is 0 Å². The molecular weight excluding hydrogens is 314 g/mol. The van der Waals surface area contributed by atoms with Gasteiger partial charge in [0.15, 0.2) is 0 Å². The summed E-state index contributed by atoms with van der Waals surface area (Å²) in [5.74, 6) is 0.994. The summed E-state index contributed by atoms with van der Waals surface area (Å²) in [4.78, 5) is 4.57. The highest BCUT2D eigenvalue weighted by atomic mass is 79.9. The summed E-state index contributed by atoms with van der Waals surface area (Å²) in [6, 6.07) is 12.4. The first kappa shape index (κ1) is 13.2. The van der Waals surface area contributed by atoms with Crippen molar-refractivity contribution in [1.29, 1.82) is 0 Å². The van der Waals surface area contributed by atoms with Gasteiger partial charge in [-0.15, -0.1) is 0 Å². The van der Waals surface area contributed by atoms with Crippen LogP contribution in [0.25, 0.3) is 5.52 Å². The van der Waals surface area contributed by atoms with Gasteiger partial charge in [0.2, 0.25) is 0 Å². The lowest BCUT2D eigenvalue weighted by Gasteiger charge is -2.10. The zero-order valence-corrected chi connectivity index (χ0v) is 13.1. The number of nitrogens with zero attached hydrogens (tertiary/aromatic N) is 2. The van der Waals surface area contributed by atoms with E-state index < -0.39 is 0 Å². The van der Waals surface area contributed by atoms with E-state index in [-0.39, 0.29) is 0 Å². The predicted octanol–water partition coefficient (Wildman–Crippen LogP) is 4.33. The Bertz CT molecular complexity index is 762. The summed E-state index contributed by atoms with van der Waals surface area (Å²) < 4.78 is 2.98. The van der Waals surface area contributed by atoms with Crippen molar-refractivity contribution in [3.63, 3.8) is 0 Å². The molecule has 20 heavy (non-hydrogen) atoms. The van der Waals surface area contributed by atoms with Crippen LogP contribution in [0.15, 0.2) is 47.2 Å². The van der Waals surface area contributed by atoms with E-state index in [1.54, 1.807) is 0 Å². The van der Waals surface area contributed by atoms with E-state index in [1.165, 1.54) is 11.1 Å². The van der Waals surface area contributed by atoms with E-state index in [1.807, 2.05) is 18.3 Å². The molecule has 0 amide bonds. The fraction of sp³-hybridized carbons (Fsp3) is 0.188. The van der Waals surface area contributed by atoms with Crippen LogP contribution in [-0.4, -0.2) is 9.38 Å². The number of benzene rings is 1. The SMILES string of the molecule is Cc1cccc(NCc2nc(Br)c3ccccn23)c1C. The fourth-order valence-electron chi connectivity index (χ4n) is 2.30. The summed E-state index contributed by atoms with van der Waals surface area (Å²) in [6.45, 7) is 4.96. The standard InChI is InChI=1S/C16H16BrN3/c1-11-6-5-7-13(12(11)2)18-10-15-19-16(17)14-8-3-4-9-20(14)15/h3-9,18H,10H2,1-2H3. The van der Waals surface area contributed by atoms with Crippen LogP contribution >= 0.6 is 15.9 Å². The predicted molar refractivity (Wildman–Crippen MR) is 86.1 cm³/mol. The van der Waals surface area contributed by atoms with Crippen LogP contribution in [-0.2, 0) is 6.54 Å². The van der Waals surface area contributed by atoms with E-state index in [9.17, 15) is 0 Å². The van der Waals surface area contributed by atoms with Crippen molar-refractivity contribution in [2.75, 3.05) is 5.32 Å². The average molecular weight is 330 g/mol. The number of hydrogen-bond acceptors (Lipinski definition) is 2. The van der Waals surface area contributed by atoms with Crippen LogP contribution in [0.1, 0.15) is 17.0 Å². The van der Waals surface area contributed by atoms with Gasteiger partial charge in [-0.05, 0) is 59.1 Å². The van der Waals surface area contributed by atoms with Gasteiger partial charge in [0.05, 0.1) is 12.1 Å². The fourth-order valence-corrected chi connectivity index (χ4v) is 2.83. The van der Waals surface area contributed by atoms with Crippen LogP contribution in [0, 0.1) is 13.8 Å². The molecule has 0 spiro atoms. The maximum absolute atomic E-state index is 4.57. The molecule has 0 bridgehead atoms. The molecule has 0 radical (unpaired) electrons.